The third-order valence-corrected chi connectivity index (χ3v) is 6.25. The number of rotatable bonds is 5. The second kappa shape index (κ2) is 8.90. The molecule has 1 N–H and O–H groups in total. The quantitative estimate of drug-likeness (QED) is 0.746. The van der Waals surface area contributed by atoms with E-state index in [-0.39, 0.29) is 5.91 Å². The van der Waals surface area contributed by atoms with Crippen molar-refractivity contribution in [1.29, 1.82) is 0 Å². The molecular weight excluding hydrogens is 356 g/mol. The van der Waals surface area contributed by atoms with E-state index in [0.717, 1.165) is 25.7 Å². The molecule has 1 saturated carbocycles. The van der Waals surface area contributed by atoms with Gasteiger partial charge in [-0.25, -0.2) is 0 Å². The van der Waals surface area contributed by atoms with Gasteiger partial charge in [-0.15, -0.1) is 0 Å². The van der Waals surface area contributed by atoms with Crippen molar-refractivity contribution in [1.82, 2.24) is 10.2 Å². The third kappa shape index (κ3) is 4.72. The van der Waals surface area contributed by atoms with Crippen LogP contribution in [0, 0.1) is 0 Å². The maximum absolute atomic E-state index is 12.7. The smallest absolute Gasteiger partial charge is 0.253 e. The highest BCUT2D eigenvalue weighted by atomic mass is 35.5. The predicted molar refractivity (Wildman–Crippen MR) is 112 cm³/mol. The van der Waals surface area contributed by atoms with Gasteiger partial charge in [0.1, 0.15) is 0 Å². The molecule has 0 heterocycles. The molecule has 4 heteroatoms. The SMILES string of the molecule is CNC(C)c1ccc([C@H]2CC[C@H](N(C)C(=O)c3ccc(Cl)cc3)CC2)cc1. The minimum atomic E-state index is 0.0838. The fourth-order valence-electron chi connectivity index (χ4n) is 3.98. The lowest BCUT2D eigenvalue weighted by molar-refractivity contribution is 0.0689. The maximum Gasteiger partial charge on any atom is 0.253 e. The molecule has 2 aromatic carbocycles. The number of hydrogen-bond acceptors (Lipinski definition) is 2. The highest BCUT2D eigenvalue weighted by molar-refractivity contribution is 6.30. The molecule has 0 radical (unpaired) electrons. The van der Waals surface area contributed by atoms with Gasteiger partial charge in [0, 0.05) is 29.7 Å². The molecule has 0 saturated heterocycles. The van der Waals surface area contributed by atoms with Gasteiger partial charge >= 0.3 is 0 Å². The van der Waals surface area contributed by atoms with E-state index in [1.54, 1.807) is 24.3 Å². The summed E-state index contributed by atoms with van der Waals surface area (Å²) in [4.78, 5) is 14.6. The summed E-state index contributed by atoms with van der Waals surface area (Å²) in [6, 6.07) is 16.9. The number of halogens is 1. The van der Waals surface area contributed by atoms with Gasteiger partial charge in [-0.05, 0) is 81.0 Å². The topological polar surface area (TPSA) is 32.3 Å². The van der Waals surface area contributed by atoms with Gasteiger partial charge in [-0.1, -0.05) is 35.9 Å². The van der Waals surface area contributed by atoms with Crippen LogP contribution in [0.1, 0.15) is 66.1 Å². The average Bonchev–Trinajstić information content (AvgIpc) is 2.73. The standard InChI is InChI=1S/C23H29ClN2O/c1-16(25-2)17-4-6-18(7-5-17)19-10-14-22(15-11-19)26(3)23(27)20-8-12-21(24)13-9-20/h4-9,12-13,16,19,22,25H,10-11,14-15H2,1-3H3/t16?,19-,22-. The Hall–Kier alpha value is -1.84. The van der Waals surface area contributed by atoms with Gasteiger partial charge in [0.25, 0.3) is 5.91 Å². The van der Waals surface area contributed by atoms with Crippen molar-refractivity contribution >= 4 is 17.5 Å². The normalized spacial score (nSPS) is 20.9. The van der Waals surface area contributed by atoms with Crippen molar-refractivity contribution in [2.75, 3.05) is 14.1 Å². The maximum atomic E-state index is 12.7. The summed E-state index contributed by atoms with van der Waals surface area (Å²) in [6.07, 6.45) is 4.36. The molecule has 1 fully saturated rings. The van der Waals surface area contributed by atoms with Gasteiger partial charge in [-0.2, -0.15) is 0 Å². The molecule has 0 bridgehead atoms. The Bertz CT molecular complexity index is 749. The van der Waals surface area contributed by atoms with Crippen molar-refractivity contribution in [3.05, 3.63) is 70.2 Å². The summed E-state index contributed by atoms with van der Waals surface area (Å²) in [5, 5.41) is 3.94. The second-order valence-corrected chi connectivity index (χ2v) is 8.04. The fraction of sp³-hybridized carbons (Fsp3) is 0.435. The van der Waals surface area contributed by atoms with Crippen LogP contribution in [0.5, 0.6) is 0 Å². The van der Waals surface area contributed by atoms with Crippen LogP contribution in [0.2, 0.25) is 5.02 Å². The second-order valence-electron chi connectivity index (χ2n) is 7.61. The molecule has 3 rings (SSSR count). The van der Waals surface area contributed by atoms with Crippen molar-refractivity contribution in [3.63, 3.8) is 0 Å². The van der Waals surface area contributed by atoms with Crippen molar-refractivity contribution in [3.8, 4) is 0 Å². The Morgan fingerprint density at radius 3 is 2.19 bits per heavy atom. The molecule has 1 aliphatic carbocycles. The zero-order valence-electron chi connectivity index (χ0n) is 16.4. The van der Waals surface area contributed by atoms with Crippen LogP contribution >= 0.6 is 11.6 Å². The number of carbonyl (C=O) groups excluding carboxylic acids is 1. The monoisotopic (exact) mass is 384 g/mol. The summed E-state index contributed by atoms with van der Waals surface area (Å²) < 4.78 is 0. The summed E-state index contributed by atoms with van der Waals surface area (Å²) >= 11 is 5.93. The number of hydrogen-bond donors (Lipinski definition) is 1. The van der Waals surface area contributed by atoms with Crippen LogP contribution in [-0.4, -0.2) is 30.9 Å². The van der Waals surface area contributed by atoms with E-state index in [9.17, 15) is 4.79 Å². The van der Waals surface area contributed by atoms with Crippen LogP contribution in [0.4, 0.5) is 0 Å². The Morgan fingerprint density at radius 2 is 1.63 bits per heavy atom. The van der Waals surface area contributed by atoms with Gasteiger partial charge < -0.3 is 10.2 Å². The van der Waals surface area contributed by atoms with E-state index >= 15 is 0 Å². The molecule has 0 spiro atoms. The Morgan fingerprint density at radius 1 is 1.04 bits per heavy atom. The Labute approximate surface area is 167 Å². The Kier molecular flexibility index (Phi) is 6.56. The zero-order valence-corrected chi connectivity index (χ0v) is 17.2. The number of nitrogens with one attached hydrogen (secondary N) is 1. The van der Waals surface area contributed by atoms with Crippen LogP contribution in [-0.2, 0) is 0 Å². The van der Waals surface area contributed by atoms with E-state index in [1.807, 2.05) is 19.0 Å². The first-order valence-corrected chi connectivity index (χ1v) is 10.2. The summed E-state index contributed by atoms with van der Waals surface area (Å²) in [7, 11) is 3.91. The lowest BCUT2D eigenvalue weighted by Crippen LogP contribution is -2.39. The lowest BCUT2D eigenvalue weighted by Gasteiger charge is -2.35. The van der Waals surface area contributed by atoms with Crippen LogP contribution in [0.25, 0.3) is 0 Å². The van der Waals surface area contributed by atoms with E-state index in [2.05, 4.69) is 36.5 Å². The summed E-state index contributed by atoms with van der Waals surface area (Å²) in [6.45, 7) is 2.17. The van der Waals surface area contributed by atoms with E-state index in [1.165, 1.54) is 11.1 Å². The van der Waals surface area contributed by atoms with Gasteiger partial charge in [-0.3, -0.25) is 4.79 Å². The van der Waals surface area contributed by atoms with Crippen LogP contribution in [0.15, 0.2) is 48.5 Å². The zero-order chi connectivity index (χ0) is 19.4. The van der Waals surface area contributed by atoms with Gasteiger partial charge in [0.15, 0.2) is 0 Å². The average molecular weight is 385 g/mol. The fourth-order valence-corrected chi connectivity index (χ4v) is 4.11. The Balaban J connectivity index is 1.58. The molecule has 1 unspecified atom stereocenters. The molecule has 0 aliphatic heterocycles. The summed E-state index contributed by atoms with van der Waals surface area (Å²) in [5.41, 5.74) is 3.45. The summed E-state index contributed by atoms with van der Waals surface area (Å²) in [5.74, 6) is 0.680. The number of nitrogens with zero attached hydrogens (tertiary/aromatic N) is 1. The van der Waals surface area contributed by atoms with Gasteiger partial charge in [0.2, 0.25) is 0 Å². The number of benzene rings is 2. The van der Waals surface area contributed by atoms with Crippen molar-refractivity contribution in [2.45, 2.75) is 50.6 Å². The molecule has 2 aromatic rings. The largest absolute Gasteiger partial charge is 0.339 e. The molecule has 3 nitrogen and oxygen atoms in total. The van der Waals surface area contributed by atoms with Crippen molar-refractivity contribution < 1.29 is 4.79 Å². The highest BCUT2D eigenvalue weighted by Crippen LogP contribution is 2.35. The minimum Gasteiger partial charge on any atom is -0.339 e. The van der Waals surface area contributed by atoms with E-state index in [0.29, 0.717) is 28.6 Å². The first kappa shape index (κ1) is 19.9. The molecular formula is C23H29ClN2O. The molecule has 0 aromatic heterocycles. The molecule has 27 heavy (non-hydrogen) atoms. The first-order valence-electron chi connectivity index (χ1n) is 9.79. The van der Waals surface area contributed by atoms with E-state index in [4.69, 9.17) is 11.6 Å². The van der Waals surface area contributed by atoms with Crippen molar-refractivity contribution in [2.24, 2.45) is 0 Å². The number of carbonyl (C=O) groups is 1. The highest BCUT2D eigenvalue weighted by Gasteiger charge is 2.27. The lowest BCUT2D eigenvalue weighted by atomic mass is 9.81. The molecule has 144 valence electrons. The van der Waals surface area contributed by atoms with Gasteiger partial charge in [0.05, 0.1) is 0 Å². The molecule has 1 aliphatic rings. The van der Waals surface area contributed by atoms with Crippen LogP contribution in [0.3, 0.4) is 0 Å². The molecule has 1 atom stereocenters. The van der Waals surface area contributed by atoms with Crippen LogP contribution < -0.4 is 5.32 Å². The van der Waals surface area contributed by atoms with E-state index < -0.39 is 0 Å². The first-order chi connectivity index (χ1) is 13.0. The molecule has 1 amide bonds. The minimum absolute atomic E-state index is 0.0838. The predicted octanol–water partition coefficient (Wildman–Crippen LogP) is 5.42. The number of amides is 1. The third-order valence-electron chi connectivity index (χ3n) is 6.00.